The van der Waals surface area contributed by atoms with Crippen LogP contribution in [0.25, 0.3) is 0 Å². The van der Waals surface area contributed by atoms with Gasteiger partial charge in [-0.1, -0.05) is 33.6 Å². The average molecular weight is 194 g/mol. The Balaban J connectivity index is -0.0000000910. The van der Waals surface area contributed by atoms with Gasteiger partial charge >= 0.3 is 19.5 Å². The molecular formula is C9H20Zn. The summed E-state index contributed by atoms with van der Waals surface area (Å²) >= 11 is 0. The zero-order valence-corrected chi connectivity index (χ0v) is 11.0. The van der Waals surface area contributed by atoms with Gasteiger partial charge < -0.3 is 13.8 Å². The fraction of sp³-hybridized carbons (Fsp3) is 0.778. The van der Waals surface area contributed by atoms with Crippen LogP contribution in [0.2, 0.25) is 0 Å². The number of rotatable bonds is 1. The van der Waals surface area contributed by atoms with Gasteiger partial charge in [-0.3, -0.25) is 0 Å². The van der Waals surface area contributed by atoms with Crippen molar-refractivity contribution in [2.75, 3.05) is 0 Å². The molecule has 0 saturated carbocycles. The van der Waals surface area contributed by atoms with Crippen molar-refractivity contribution in [1.82, 2.24) is 0 Å². The van der Waals surface area contributed by atoms with Crippen LogP contribution in [0.5, 0.6) is 0 Å². The van der Waals surface area contributed by atoms with E-state index in [1.807, 2.05) is 0 Å². The van der Waals surface area contributed by atoms with Gasteiger partial charge in [0.1, 0.15) is 0 Å². The Morgan fingerprint density at radius 3 is 1.20 bits per heavy atom. The van der Waals surface area contributed by atoms with Crippen LogP contribution in [0.4, 0.5) is 0 Å². The summed E-state index contributed by atoms with van der Waals surface area (Å²) in [7, 11) is 0. The maximum Gasteiger partial charge on any atom is 2.00 e. The minimum absolute atomic E-state index is 0. The maximum absolute atomic E-state index is 3.69. The Kier molecular flexibility index (Phi) is 20.8. The fourth-order valence-corrected chi connectivity index (χ4v) is 0. The second-order valence-electron chi connectivity index (χ2n) is 3.08. The Labute approximate surface area is 79.5 Å². The summed E-state index contributed by atoms with van der Waals surface area (Å²) in [5.74, 6) is 1.36. The van der Waals surface area contributed by atoms with E-state index in [1.165, 1.54) is 0 Å². The van der Waals surface area contributed by atoms with E-state index in [4.69, 9.17) is 0 Å². The Bertz CT molecular complexity index is 37.2. The quantitative estimate of drug-likeness (QED) is 0.443. The molecule has 0 fully saturated rings. The molecule has 1 heteroatoms. The first-order valence-corrected chi connectivity index (χ1v) is 3.63. The molecule has 0 aliphatic heterocycles. The van der Waals surface area contributed by atoms with Crippen molar-refractivity contribution in [2.45, 2.75) is 34.1 Å². The Hall–Kier alpha value is 0.623. The SMILES string of the molecule is [CH2-]C(C)C.[CH2-]CC(C)C.[Zn+2]. The van der Waals surface area contributed by atoms with E-state index in [0.717, 1.165) is 12.3 Å². The maximum atomic E-state index is 3.69. The van der Waals surface area contributed by atoms with Gasteiger partial charge in [0, 0.05) is 0 Å². The van der Waals surface area contributed by atoms with Crippen LogP contribution >= 0.6 is 0 Å². The summed E-state index contributed by atoms with van der Waals surface area (Å²) < 4.78 is 0. The zero-order valence-electron chi connectivity index (χ0n) is 7.98. The van der Waals surface area contributed by atoms with E-state index in [2.05, 4.69) is 41.5 Å². The molecule has 0 N–H and O–H groups in total. The Morgan fingerprint density at radius 2 is 1.20 bits per heavy atom. The first-order valence-electron chi connectivity index (χ1n) is 3.63. The fourth-order valence-electron chi connectivity index (χ4n) is 0. The average Bonchev–Trinajstić information content (AvgIpc) is 1.65. The van der Waals surface area contributed by atoms with E-state index in [1.54, 1.807) is 0 Å². The van der Waals surface area contributed by atoms with Crippen LogP contribution in [-0.4, -0.2) is 0 Å². The molecule has 0 atom stereocenters. The van der Waals surface area contributed by atoms with Crippen LogP contribution in [0.3, 0.4) is 0 Å². The predicted molar refractivity (Wildman–Crippen MR) is 45.0 cm³/mol. The molecule has 58 valence electrons. The predicted octanol–water partition coefficient (Wildman–Crippen LogP) is 3.34. The molecule has 0 radical (unpaired) electrons. The molecule has 0 unspecified atom stereocenters. The van der Waals surface area contributed by atoms with Gasteiger partial charge in [-0.2, -0.15) is 12.3 Å². The largest absolute Gasteiger partial charge is 2.00 e. The van der Waals surface area contributed by atoms with Gasteiger partial charge in [-0.15, -0.1) is 0 Å². The first kappa shape index (κ1) is 16.9. The van der Waals surface area contributed by atoms with E-state index in [9.17, 15) is 0 Å². The number of hydrogen-bond donors (Lipinski definition) is 0. The van der Waals surface area contributed by atoms with Gasteiger partial charge in [0.2, 0.25) is 0 Å². The van der Waals surface area contributed by atoms with Crippen molar-refractivity contribution in [3.8, 4) is 0 Å². The van der Waals surface area contributed by atoms with Crippen molar-refractivity contribution in [3.05, 3.63) is 13.8 Å². The molecule has 0 aromatic carbocycles. The van der Waals surface area contributed by atoms with Crippen molar-refractivity contribution in [2.24, 2.45) is 11.8 Å². The second-order valence-corrected chi connectivity index (χ2v) is 3.08. The van der Waals surface area contributed by atoms with Crippen LogP contribution < -0.4 is 0 Å². The molecule has 0 aromatic heterocycles. The third-order valence-corrected chi connectivity index (χ3v) is 0.577. The monoisotopic (exact) mass is 192 g/mol. The van der Waals surface area contributed by atoms with Crippen LogP contribution in [-0.2, 0) is 19.5 Å². The van der Waals surface area contributed by atoms with Gasteiger partial charge in [-0.25, -0.2) is 0 Å². The normalized spacial score (nSPS) is 8.40. The zero-order chi connectivity index (χ0) is 7.86. The molecule has 0 bridgehead atoms. The summed E-state index contributed by atoms with van der Waals surface area (Å²) in [6, 6.07) is 0. The molecule has 10 heavy (non-hydrogen) atoms. The van der Waals surface area contributed by atoms with Gasteiger partial charge in [0.15, 0.2) is 0 Å². The molecule has 0 saturated heterocycles. The van der Waals surface area contributed by atoms with Crippen molar-refractivity contribution in [1.29, 1.82) is 0 Å². The molecule has 0 amide bonds. The van der Waals surface area contributed by atoms with E-state index < -0.39 is 0 Å². The minimum Gasteiger partial charge on any atom is -0.343 e. The molecule has 0 aromatic rings. The summed E-state index contributed by atoms with van der Waals surface area (Å²) in [5.41, 5.74) is 0. The van der Waals surface area contributed by atoms with E-state index in [-0.39, 0.29) is 19.5 Å². The molecular weight excluding hydrogens is 173 g/mol. The van der Waals surface area contributed by atoms with Crippen molar-refractivity contribution < 1.29 is 19.5 Å². The van der Waals surface area contributed by atoms with Crippen LogP contribution in [0, 0.1) is 25.7 Å². The summed E-state index contributed by atoms with van der Waals surface area (Å²) in [4.78, 5) is 0. The molecule has 0 rings (SSSR count). The Morgan fingerprint density at radius 1 is 1.10 bits per heavy atom. The summed E-state index contributed by atoms with van der Waals surface area (Å²) in [5, 5.41) is 0. The van der Waals surface area contributed by atoms with Crippen molar-refractivity contribution in [3.63, 3.8) is 0 Å². The van der Waals surface area contributed by atoms with Gasteiger partial charge in [0.05, 0.1) is 0 Å². The minimum atomic E-state index is 0. The van der Waals surface area contributed by atoms with Gasteiger partial charge in [-0.05, 0) is 0 Å². The topological polar surface area (TPSA) is 0 Å². The summed E-state index contributed by atoms with van der Waals surface area (Å²) in [6.45, 7) is 15.8. The molecule has 0 heterocycles. The third-order valence-electron chi connectivity index (χ3n) is 0.577. The van der Waals surface area contributed by atoms with Gasteiger partial charge in [0.25, 0.3) is 0 Å². The molecule has 0 spiro atoms. The third kappa shape index (κ3) is 72.8. The van der Waals surface area contributed by atoms with E-state index in [0.29, 0.717) is 5.92 Å². The molecule has 0 aliphatic rings. The first-order chi connectivity index (χ1) is 4.00. The van der Waals surface area contributed by atoms with E-state index >= 15 is 0 Å². The smallest absolute Gasteiger partial charge is 0.343 e. The second kappa shape index (κ2) is 12.3. The van der Waals surface area contributed by atoms with Crippen LogP contribution in [0.1, 0.15) is 34.1 Å². The number of hydrogen-bond acceptors (Lipinski definition) is 0. The van der Waals surface area contributed by atoms with Crippen molar-refractivity contribution >= 4 is 0 Å². The molecule has 0 aliphatic carbocycles. The van der Waals surface area contributed by atoms with Crippen LogP contribution in [0.15, 0.2) is 0 Å². The standard InChI is InChI=1S/C5H11.C4H9.Zn/c1-4-5(2)3;1-4(2)3;/h5H,1,4H2,2-3H3;4H,1H2,2-3H3;/q2*-1;+2. The molecule has 0 nitrogen and oxygen atoms in total. The summed E-state index contributed by atoms with van der Waals surface area (Å²) in [6.07, 6.45) is 1.06.